The third-order valence-corrected chi connectivity index (χ3v) is 8.41. The van der Waals surface area contributed by atoms with Gasteiger partial charge in [-0.1, -0.05) is 72.7 Å². The fourth-order valence-electron chi connectivity index (χ4n) is 3.20. The van der Waals surface area contributed by atoms with E-state index in [0.717, 1.165) is 12.8 Å². The van der Waals surface area contributed by atoms with Crippen molar-refractivity contribution >= 4 is 18.7 Å². The molecular formula is C24H26OSi. The van der Waals surface area contributed by atoms with Crippen molar-refractivity contribution in [2.24, 2.45) is 0 Å². The molecule has 0 spiro atoms. The van der Waals surface area contributed by atoms with E-state index in [4.69, 9.17) is 17.3 Å². The van der Waals surface area contributed by atoms with Crippen LogP contribution >= 0.6 is 0 Å². The number of benzene rings is 2. The zero-order valence-electron chi connectivity index (χ0n) is 15.4. The van der Waals surface area contributed by atoms with E-state index in [2.05, 4.69) is 73.5 Å². The molecule has 132 valence electrons. The van der Waals surface area contributed by atoms with Crippen LogP contribution in [0.25, 0.3) is 0 Å². The number of hydrogen-bond acceptors (Lipinski definition) is 1. The summed E-state index contributed by atoms with van der Waals surface area (Å²) in [5.41, 5.74) is -0.687. The summed E-state index contributed by atoms with van der Waals surface area (Å²) >= 11 is 0. The second-order valence-corrected chi connectivity index (χ2v) is 9.96. The molecule has 2 aromatic rings. The number of rotatable bonds is 9. The second kappa shape index (κ2) is 9.25. The van der Waals surface area contributed by atoms with Crippen LogP contribution in [0.3, 0.4) is 0 Å². The molecule has 0 N–H and O–H groups in total. The van der Waals surface area contributed by atoms with Gasteiger partial charge in [0, 0.05) is 6.42 Å². The summed E-state index contributed by atoms with van der Waals surface area (Å²) < 4.78 is 6.91. The Morgan fingerprint density at radius 2 is 1.54 bits per heavy atom. The standard InChI is InChI=1S/C24H26OSi/c1-5-8-20-24(7-3,21-9-6-2)25-26(4,22-16-12-10-13-17-22)23-18-14-11-15-19-23/h1,3,6,10-19H,2,8-9,20-21H2,4H3. The topological polar surface area (TPSA) is 9.23 Å². The van der Waals surface area contributed by atoms with E-state index in [0.29, 0.717) is 12.8 Å². The number of allylic oxidation sites excluding steroid dienone is 1. The summed E-state index contributed by atoms with van der Waals surface area (Å²) in [6.45, 7) is 6.05. The Morgan fingerprint density at radius 1 is 1.00 bits per heavy atom. The zero-order chi connectivity index (χ0) is 18.9. The molecule has 1 atom stereocenters. The molecule has 0 aromatic heterocycles. The minimum absolute atomic E-state index is 0.593. The highest BCUT2D eigenvalue weighted by molar-refractivity contribution is 6.96. The molecule has 0 aliphatic heterocycles. The van der Waals surface area contributed by atoms with Crippen molar-refractivity contribution in [3.05, 3.63) is 73.3 Å². The normalized spacial score (nSPS) is 13.2. The van der Waals surface area contributed by atoms with Crippen molar-refractivity contribution in [2.75, 3.05) is 0 Å². The largest absolute Gasteiger partial charge is 0.392 e. The van der Waals surface area contributed by atoms with Crippen LogP contribution in [0, 0.1) is 24.7 Å². The molecule has 2 heteroatoms. The van der Waals surface area contributed by atoms with E-state index in [9.17, 15) is 0 Å². The first kappa shape index (κ1) is 19.8. The zero-order valence-corrected chi connectivity index (χ0v) is 16.4. The van der Waals surface area contributed by atoms with Crippen LogP contribution in [0.2, 0.25) is 6.55 Å². The van der Waals surface area contributed by atoms with Gasteiger partial charge in [0.2, 0.25) is 0 Å². The van der Waals surface area contributed by atoms with Crippen molar-refractivity contribution in [3.63, 3.8) is 0 Å². The van der Waals surface area contributed by atoms with Crippen LogP contribution in [0.5, 0.6) is 0 Å². The molecule has 0 saturated heterocycles. The third kappa shape index (κ3) is 4.55. The second-order valence-electron chi connectivity index (χ2n) is 6.54. The predicted octanol–water partition coefficient (Wildman–Crippen LogP) is 4.14. The highest BCUT2D eigenvalue weighted by Crippen LogP contribution is 2.28. The smallest absolute Gasteiger partial charge is 0.254 e. The van der Waals surface area contributed by atoms with Crippen LogP contribution in [0.4, 0.5) is 0 Å². The first-order valence-corrected chi connectivity index (χ1v) is 11.3. The maximum atomic E-state index is 6.91. The van der Waals surface area contributed by atoms with Crippen LogP contribution in [-0.4, -0.2) is 13.9 Å². The van der Waals surface area contributed by atoms with Gasteiger partial charge in [-0.25, -0.2) is 0 Å². The fourth-order valence-corrected chi connectivity index (χ4v) is 6.47. The summed E-state index contributed by atoms with van der Waals surface area (Å²) in [6.07, 6.45) is 16.2. The van der Waals surface area contributed by atoms with Gasteiger partial charge in [0.05, 0.1) is 0 Å². The fraction of sp³-hybridized carbons (Fsp3) is 0.250. The molecule has 0 amide bonds. The first-order valence-electron chi connectivity index (χ1n) is 8.93. The van der Waals surface area contributed by atoms with Crippen molar-refractivity contribution in [1.29, 1.82) is 0 Å². The van der Waals surface area contributed by atoms with E-state index in [1.165, 1.54) is 10.4 Å². The average molecular weight is 359 g/mol. The Hall–Kier alpha value is -2.52. The van der Waals surface area contributed by atoms with E-state index >= 15 is 0 Å². The molecule has 0 saturated carbocycles. The molecular weight excluding hydrogens is 332 g/mol. The molecule has 2 rings (SSSR count). The monoisotopic (exact) mass is 358 g/mol. The van der Waals surface area contributed by atoms with Gasteiger partial charge in [-0.15, -0.1) is 25.3 Å². The van der Waals surface area contributed by atoms with E-state index in [1.807, 2.05) is 18.2 Å². The van der Waals surface area contributed by atoms with Gasteiger partial charge in [-0.2, -0.15) is 0 Å². The van der Waals surface area contributed by atoms with Crippen molar-refractivity contribution in [1.82, 2.24) is 0 Å². The molecule has 26 heavy (non-hydrogen) atoms. The summed E-state index contributed by atoms with van der Waals surface area (Å²) in [7, 11) is -2.50. The Morgan fingerprint density at radius 3 is 1.96 bits per heavy atom. The lowest BCUT2D eigenvalue weighted by atomic mass is 9.93. The maximum absolute atomic E-state index is 6.91. The lowest BCUT2D eigenvalue weighted by molar-refractivity contribution is 0.110. The Balaban J connectivity index is 2.52. The SMILES string of the molecule is C#CCCC(C#C)(CCC=C)O[Si](C)(c1ccccc1)c1ccccc1. The summed E-state index contributed by atoms with van der Waals surface area (Å²) in [4.78, 5) is 0. The van der Waals surface area contributed by atoms with Crippen molar-refractivity contribution in [2.45, 2.75) is 37.8 Å². The van der Waals surface area contributed by atoms with Gasteiger partial charge >= 0.3 is 0 Å². The van der Waals surface area contributed by atoms with Gasteiger partial charge in [0.15, 0.2) is 0 Å². The molecule has 2 aromatic carbocycles. The van der Waals surface area contributed by atoms with E-state index in [1.54, 1.807) is 0 Å². The lowest BCUT2D eigenvalue weighted by Crippen LogP contribution is -2.62. The van der Waals surface area contributed by atoms with Gasteiger partial charge in [-0.05, 0) is 36.2 Å². The van der Waals surface area contributed by atoms with E-state index in [-0.39, 0.29) is 0 Å². The molecule has 0 aliphatic rings. The van der Waals surface area contributed by atoms with Crippen LogP contribution in [0.1, 0.15) is 25.7 Å². The quantitative estimate of drug-likeness (QED) is 0.372. The molecule has 0 fully saturated rings. The highest BCUT2D eigenvalue weighted by atomic mass is 28.4. The minimum Gasteiger partial charge on any atom is -0.392 e. The van der Waals surface area contributed by atoms with Crippen LogP contribution < -0.4 is 10.4 Å². The lowest BCUT2D eigenvalue weighted by Gasteiger charge is -2.39. The van der Waals surface area contributed by atoms with Crippen molar-refractivity contribution < 1.29 is 4.43 Å². The van der Waals surface area contributed by atoms with Gasteiger partial charge in [-0.3, -0.25) is 0 Å². The minimum atomic E-state index is -2.50. The molecule has 0 radical (unpaired) electrons. The van der Waals surface area contributed by atoms with E-state index < -0.39 is 13.9 Å². The summed E-state index contributed by atoms with van der Waals surface area (Å²) in [5.74, 6) is 5.66. The summed E-state index contributed by atoms with van der Waals surface area (Å²) in [5, 5.41) is 2.40. The third-order valence-electron chi connectivity index (χ3n) is 4.74. The van der Waals surface area contributed by atoms with Gasteiger partial charge < -0.3 is 4.43 Å². The highest BCUT2D eigenvalue weighted by Gasteiger charge is 2.42. The first-order chi connectivity index (χ1) is 12.6. The van der Waals surface area contributed by atoms with Crippen molar-refractivity contribution in [3.8, 4) is 24.7 Å². The summed E-state index contributed by atoms with van der Waals surface area (Å²) in [6, 6.07) is 20.8. The Bertz CT molecular complexity index is 743. The van der Waals surface area contributed by atoms with Crippen LogP contribution in [0.15, 0.2) is 73.3 Å². The van der Waals surface area contributed by atoms with Crippen LogP contribution in [-0.2, 0) is 4.43 Å². The Labute approximate surface area is 159 Å². The molecule has 0 aliphatic carbocycles. The number of terminal acetylenes is 2. The van der Waals surface area contributed by atoms with Gasteiger partial charge in [0.25, 0.3) is 8.32 Å². The maximum Gasteiger partial charge on any atom is 0.254 e. The predicted molar refractivity (Wildman–Crippen MR) is 114 cm³/mol. The molecule has 1 unspecified atom stereocenters. The molecule has 0 bridgehead atoms. The Kier molecular flexibility index (Phi) is 7.04. The molecule has 0 heterocycles. The number of hydrogen-bond donors (Lipinski definition) is 0. The van der Waals surface area contributed by atoms with Gasteiger partial charge in [0.1, 0.15) is 5.60 Å². The molecule has 1 nitrogen and oxygen atoms in total. The average Bonchev–Trinajstić information content (AvgIpc) is 2.71.